The SMILES string of the molecule is NN=CCCCC(C(=O)OC(=O)CCc1ccc2c(c1N)OC(N)O2)c1ncccn1. The van der Waals surface area contributed by atoms with Gasteiger partial charge in [-0.2, -0.15) is 5.10 Å². The largest absolute Gasteiger partial charge is 0.438 e. The summed E-state index contributed by atoms with van der Waals surface area (Å²) in [7, 11) is 0. The standard InChI is InChI=1S/C20H24N6O5/c21-16-12(5-7-14-17(16)31-20(22)29-14)6-8-15(27)30-19(28)13(4-1-2-11-26-23)18-24-9-3-10-25-18/h3,5,7,9-11,13,20H,1-2,4,6,8,21-23H2. The molecule has 1 aromatic carbocycles. The van der Waals surface area contributed by atoms with Crippen molar-refractivity contribution >= 4 is 23.8 Å². The normalized spacial score (nSPS) is 15.7. The van der Waals surface area contributed by atoms with Gasteiger partial charge in [0.2, 0.25) is 0 Å². The minimum Gasteiger partial charge on any atom is -0.438 e. The van der Waals surface area contributed by atoms with Crippen LogP contribution in [0, 0.1) is 0 Å². The highest BCUT2D eigenvalue weighted by molar-refractivity contribution is 5.89. The molecule has 0 aliphatic carbocycles. The fraction of sp³-hybridized carbons (Fsp3) is 0.350. The molecule has 0 fully saturated rings. The molecule has 11 heteroatoms. The lowest BCUT2D eigenvalue weighted by Gasteiger charge is -2.13. The Hall–Kier alpha value is -3.73. The summed E-state index contributed by atoms with van der Waals surface area (Å²) >= 11 is 0. The highest BCUT2D eigenvalue weighted by Gasteiger charge is 2.28. The van der Waals surface area contributed by atoms with Gasteiger partial charge in [0.25, 0.3) is 6.41 Å². The maximum Gasteiger partial charge on any atom is 0.324 e. The molecule has 0 amide bonds. The van der Waals surface area contributed by atoms with Gasteiger partial charge in [-0.05, 0) is 43.4 Å². The summed E-state index contributed by atoms with van der Waals surface area (Å²) < 4.78 is 15.6. The number of aromatic nitrogens is 2. The van der Waals surface area contributed by atoms with E-state index in [1.165, 1.54) is 12.4 Å². The Bertz CT molecular complexity index is 953. The lowest BCUT2D eigenvalue weighted by Crippen LogP contribution is -2.28. The first-order chi connectivity index (χ1) is 15.0. The van der Waals surface area contributed by atoms with Crippen LogP contribution in [0.15, 0.2) is 35.7 Å². The van der Waals surface area contributed by atoms with E-state index in [1.807, 2.05) is 0 Å². The van der Waals surface area contributed by atoms with Crippen molar-refractivity contribution in [2.75, 3.05) is 5.73 Å². The van der Waals surface area contributed by atoms with E-state index in [0.717, 1.165) is 0 Å². The van der Waals surface area contributed by atoms with Crippen molar-refractivity contribution in [3.05, 3.63) is 42.0 Å². The second-order valence-corrected chi connectivity index (χ2v) is 6.78. The number of aryl methyl sites for hydroxylation is 1. The van der Waals surface area contributed by atoms with Gasteiger partial charge in [0.05, 0.1) is 12.1 Å². The number of anilines is 1. The molecule has 2 atom stereocenters. The van der Waals surface area contributed by atoms with Crippen LogP contribution in [0.3, 0.4) is 0 Å². The van der Waals surface area contributed by atoms with Gasteiger partial charge in [-0.3, -0.25) is 15.3 Å². The first kappa shape index (κ1) is 22.0. The summed E-state index contributed by atoms with van der Waals surface area (Å²) in [4.78, 5) is 33.2. The average Bonchev–Trinajstić information content (AvgIpc) is 3.15. The molecule has 31 heavy (non-hydrogen) atoms. The predicted octanol–water partition coefficient (Wildman–Crippen LogP) is 0.973. The van der Waals surface area contributed by atoms with Crippen LogP contribution >= 0.6 is 0 Å². The number of carbonyl (C=O) groups is 2. The summed E-state index contributed by atoms with van der Waals surface area (Å²) in [6, 6.07) is 5.02. The fourth-order valence-corrected chi connectivity index (χ4v) is 3.12. The molecular formula is C20H24N6O5. The van der Waals surface area contributed by atoms with Crippen LogP contribution in [0.1, 0.15) is 43.0 Å². The van der Waals surface area contributed by atoms with Crippen LogP contribution in [0.25, 0.3) is 0 Å². The Balaban J connectivity index is 1.59. The summed E-state index contributed by atoms with van der Waals surface area (Å²) in [5, 5.41) is 3.42. The number of unbranched alkanes of at least 4 members (excludes halogenated alkanes) is 1. The molecule has 2 aromatic rings. The molecule has 0 bridgehead atoms. The number of carbonyl (C=O) groups excluding carboxylic acids is 2. The van der Waals surface area contributed by atoms with Crippen LogP contribution < -0.4 is 26.8 Å². The van der Waals surface area contributed by atoms with Crippen molar-refractivity contribution < 1.29 is 23.8 Å². The number of fused-ring (bicyclic) bond motifs is 1. The van der Waals surface area contributed by atoms with Gasteiger partial charge in [0.1, 0.15) is 11.7 Å². The van der Waals surface area contributed by atoms with Gasteiger partial charge < -0.3 is 25.8 Å². The van der Waals surface area contributed by atoms with Crippen molar-refractivity contribution in [2.45, 2.75) is 44.4 Å². The number of ether oxygens (including phenoxy) is 3. The molecule has 0 saturated carbocycles. The van der Waals surface area contributed by atoms with Crippen molar-refractivity contribution in [3.8, 4) is 11.5 Å². The van der Waals surface area contributed by atoms with Gasteiger partial charge in [-0.15, -0.1) is 0 Å². The van der Waals surface area contributed by atoms with E-state index in [0.29, 0.717) is 47.8 Å². The molecule has 0 saturated heterocycles. The Morgan fingerprint density at radius 1 is 1.26 bits per heavy atom. The quantitative estimate of drug-likeness (QED) is 0.0991. The molecule has 2 unspecified atom stereocenters. The van der Waals surface area contributed by atoms with E-state index in [4.69, 9.17) is 31.5 Å². The molecule has 11 nitrogen and oxygen atoms in total. The van der Waals surface area contributed by atoms with Crippen molar-refractivity contribution in [1.29, 1.82) is 0 Å². The molecule has 1 aliphatic rings. The Labute approximate surface area is 178 Å². The third-order valence-corrected chi connectivity index (χ3v) is 4.65. The number of hydrazone groups is 1. The van der Waals surface area contributed by atoms with Gasteiger partial charge in [-0.1, -0.05) is 6.07 Å². The lowest BCUT2D eigenvalue weighted by atomic mass is 10.0. The van der Waals surface area contributed by atoms with Gasteiger partial charge in [0, 0.05) is 18.6 Å². The van der Waals surface area contributed by atoms with Crippen molar-refractivity contribution in [2.24, 2.45) is 16.7 Å². The van der Waals surface area contributed by atoms with Crippen LogP contribution in [0.2, 0.25) is 0 Å². The summed E-state index contributed by atoms with van der Waals surface area (Å²) in [6.07, 6.45) is 5.45. The maximum atomic E-state index is 12.6. The molecule has 0 radical (unpaired) electrons. The zero-order valence-corrected chi connectivity index (χ0v) is 16.8. The maximum absolute atomic E-state index is 12.6. The third-order valence-electron chi connectivity index (χ3n) is 4.65. The van der Waals surface area contributed by atoms with Gasteiger partial charge in [0.15, 0.2) is 11.5 Å². The zero-order valence-electron chi connectivity index (χ0n) is 16.8. The number of benzene rings is 1. The monoisotopic (exact) mass is 428 g/mol. The van der Waals surface area contributed by atoms with Gasteiger partial charge in [-0.25, -0.2) is 9.97 Å². The first-order valence-electron chi connectivity index (χ1n) is 9.73. The number of nitrogens with zero attached hydrogens (tertiary/aromatic N) is 3. The Morgan fingerprint density at radius 3 is 2.77 bits per heavy atom. The van der Waals surface area contributed by atoms with Crippen LogP contribution in [0.5, 0.6) is 11.5 Å². The number of rotatable bonds is 9. The van der Waals surface area contributed by atoms with E-state index in [9.17, 15) is 9.59 Å². The van der Waals surface area contributed by atoms with E-state index in [2.05, 4.69) is 15.1 Å². The van der Waals surface area contributed by atoms with Crippen LogP contribution in [-0.2, 0) is 20.7 Å². The Kier molecular flexibility index (Phi) is 7.33. The number of esters is 2. The van der Waals surface area contributed by atoms with Gasteiger partial charge >= 0.3 is 11.9 Å². The molecule has 3 rings (SSSR count). The summed E-state index contributed by atoms with van der Waals surface area (Å²) in [5.74, 6) is 4.02. The predicted molar refractivity (Wildman–Crippen MR) is 111 cm³/mol. The molecule has 2 heterocycles. The van der Waals surface area contributed by atoms with Crippen LogP contribution in [-0.4, -0.2) is 34.5 Å². The third kappa shape index (κ3) is 5.66. The summed E-state index contributed by atoms with van der Waals surface area (Å²) in [6.45, 7) is 0. The van der Waals surface area contributed by atoms with E-state index in [-0.39, 0.29) is 12.8 Å². The Morgan fingerprint density at radius 2 is 2.03 bits per heavy atom. The first-order valence-corrected chi connectivity index (χ1v) is 9.73. The van der Waals surface area contributed by atoms with E-state index < -0.39 is 24.3 Å². The smallest absolute Gasteiger partial charge is 0.324 e. The molecule has 164 valence electrons. The van der Waals surface area contributed by atoms with E-state index >= 15 is 0 Å². The van der Waals surface area contributed by atoms with Crippen molar-refractivity contribution in [1.82, 2.24) is 9.97 Å². The average molecular weight is 428 g/mol. The number of hydrogen-bond acceptors (Lipinski definition) is 11. The topological polar surface area (TPSA) is 178 Å². The molecular weight excluding hydrogens is 404 g/mol. The highest BCUT2D eigenvalue weighted by atomic mass is 16.7. The second-order valence-electron chi connectivity index (χ2n) is 6.78. The molecule has 1 aliphatic heterocycles. The minimum atomic E-state index is -0.914. The van der Waals surface area contributed by atoms with E-state index in [1.54, 1.807) is 24.4 Å². The molecule has 6 N–H and O–H groups in total. The highest BCUT2D eigenvalue weighted by Crippen LogP contribution is 2.41. The fourth-order valence-electron chi connectivity index (χ4n) is 3.12. The molecule has 1 aromatic heterocycles. The zero-order chi connectivity index (χ0) is 22.2. The summed E-state index contributed by atoms with van der Waals surface area (Å²) in [5.41, 5.74) is 12.6. The second kappa shape index (κ2) is 10.3. The number of nitrogen functional groups attached to an aromatic ring is 1. The lowest BCUT2D eigenvalue weighted by molar-refractivity contribution is -0.161. The minimum absolute atomic E-state index is 0.0518. The van der Waals surface area contributed by atoms with Crippen molar-refractivity contribution in [3.63, 3.8) is 0 Å². The molecule has 0 spiro atoms. The number of hydrogen-bond donors (Lipinski definition) is 3. The number of nitrogens with two attached hydrogens (primary N) is 3. The van der Waals surface area contributed by atoms with Crippen LogP contribution in [0.4, 0.5) is 5.69 Å².